The number of hydrogen-bond donors (Lipinski definition) is 1. The maximum Gasteiger partial charge on any atom is 0.286 e. The van der Waals surface area contributed by atoms with Gasteiger partial charge in [-0.05, 0) is 50.5 Å². The number of nitrogens with one attached hydrogen (secondary N) is 1. The van der Waals surface area contributed by atoms with E-state index in [9.17, 15) is 13.2 Å². The zero-order chi connectivity index (χ0) is 23.2. The fourth-order valence-electron chi connectivity index (χ4n) is 4.11. The third-order valence-electron chi connectivity index (χ3n) is 5.67. The molecule has 11 heteroatoms. The Morgan fingerprint density at radius 2 is 1.94 bits per heavy atom. The van der Waals surface area contributed by atoms with Crippen LogP contribution in [0.5, 0.6) is 11.5 Å². The molecule has 0 aliphatic carbocycles. The standard InChI is InChI=1S/C22H22N4O5S2/c1-13-5-8-19(14(2)10-13)33(28,29)26-9-3-4-16(26)21-24-25-22(32-21)20(27)23-15-6-7-17-18(11-15)31-12-30-17/h5-8,10-11,16H,3-4,9,12H2,1-2H3,(H,23,27). The van der Waals surface area contributed by atoms with Crippen LogP contribution < -0.4 is 14.8 Å². The summed E-state index contributed by atoms with van der Waals surface area (Å²) in [6, 6.07) is 9.98. The zero-order valence-corrected chi connectivity index (χ0v) is 19.7. The van der Waals surface area contributed by atoms with E-state index in [0.29, 0.717) is 52.0 Å². The smallest absolute Gasteiger partial charge is 0.286 e. The van der Waals surface area contributed by atoms with Gasteiger partial charge in [0.15, 0.2) is 11.5 Å². The van der Waals surface area contributed by atoms with Crippen molar-refractivity contribution in [2.45, 2.75) is 37.6 Å². The summed E-state index contributed by atoms with van der Waals surface area (Å²) in [7, 11) is -3.70. The minimum atomic E-state index is -3.70. The van der Waals surface area contributed by atoms with Crippen LogP contribution in [0.25, 0.3) is 0 Å². The van der Waals surface area contributed by atoms with Crippen LogP contribution in [0.3, 0.4) is 0 Å². The van der Waals surface area contributed by atoms with Crippen molar-refractivity contribution in [1.29, 1.82) is 0 Å². The van der Waals surface area contributed by atoms with Crippen LogP contribution in [0.2, 0.25) is 0 Å². The van der Waals surface area contributed by atoms with Gasteiger partial charge in [0.25, 0.3) is 5.91 Å². The molecule has 2 aliphatic heterocycles. The van der Waals surface area contributed by atoms with Gasteiger partial charge in [0.1, 0.15) is 5.01 Å². The SMILES string of the molecule is Cc1ccc(S(=O)(=O)N2CCCC2c2nnc(C(=O)Nc3ccc4c(c3)OCO4)s2)c(C)c1. The highest BCUT2D eigenvalue weighted by molar-refractivity contribution is 7.89. The molecular weight excluding hydrogens is 464 g/mol. The number of carbonyl (C=O) groups is 1. The number of benzene rings is 2. The maximum atomic E-state index is 13.4. The third-order valence-corrected chi connectivity index (χ3v) is 8.76. The molecule has 3 heterocycles. The number of hydrogen-bond acceptors (Lipinski definition) is 8. The monoisotopic (exact) mass is 486 g/mol. The van der Waals surface area contributed by atoms with E-state index in [4.69, 9.17) is 9.47 Å². The first kappa shape index (κ1) is 21.8. The number of nitrogens with zero attached hydrogens (tertiary/aromatic N) is 3. The predicted molar refractivity (Wildman–Crippen MR) is 122 cm³/mol. The Labute approximate surface area is 195 Å². The number of sulfonamides is 1. The largest absolute Gasteiger partial charge is 0.454 e. The van der Waals surface area contributed by atoms with E-state index in [0.717, 1.165) is 16.9 Å². The van der Waals surface area contributed by atoms with Crippen LogP contribution in [0.1, 0.15) is 44.8 Å². The Kier molecular flexibility index (Phi) is 5.55. The molecule has 1 unspecified atom stereocenters. The summed E-state index contributed by atoms with van der Waals surface area (Å²) in [6.07, 6.45) is 1.34. The van der Waals surface area contributed by atoms with Crippen LogP contribution in [-0.4, -0.2) is 42.2 Å². The van der Waals surface area contributed by atoms with Crippen LogP contribution in [0.15, 0.2) is 41.3 Å². The van der Waals surface area contributed by atoms with Crippen LogP contribution >= 0.6 is 11.3 Å². The maximum absolute atomic E-state index is 13.4. The lowest BCUT2D eigenvalue weighted by Crippen LogP contribution is -2.31. The quantitative estimate of drug-likeness (QED) is 0.586. The highest BCUT2D eigenvalue weighted by Crippen LogP contribution is 2.39. The minimum absolute atomic E-state index is 0.148. The normalized spacial score (nSPS) is 17.9. The molecule has 0 spiro atoms. The Morgan fingerprint density at radius 3 is 2.76 bits per heavy atom. The molecular formula is C22H22N4O5S2. The summed E-state index contributed by atoms with van der Waals surface area (Å²) in [6.45, 7) is 4.28. The van der Waals surface area contributed by atoms with Gasteiger partial charge in [-0.15, -0.1) is 10.2 Å². The summed E-state index contributed by atoms with van der Waals surface area (Å²) >= 11 is 1.11. The van der Waals surface area contributed by atoms with Crippen molar-refractivity contribution >= 4 is 33.0 Å². The summed E-state index contributed by atoms with van der Waals surface area (Å²) in [5, 5.41) is 11.6. The first-order chi connectivity index (χ1) is 15.8. The fourth-order valence-corrected chi connectivity index (χ4v) is 6.93. The van der Waals surface area contributed by atoms with Crippen molar-refractivity contribution in [3.63, 3.8) is 0 Å². The second-order valence-electron chi connectivity index (χ2n) is 8.01. The molecule has 9 nitrogen and oxygen atoms in total. The number of fused-ring (bicyclic) bond motifs is 1. The number of rotatable bonds is 5. The van der Waals surface area contributed by atoms with E-state index >= 15 is 0 Å². The van der Waals surface area contributed by atoms with Crippen LogP contribution in [-0.2, 0) is 10.0 Å². The fraction of sp³-hybridized carbons (Fsp3) is 0.318. The molecule has 0 saturated carbocycles. The zero-order valence-electron chi connectivity index (χ0n) is 18.1. The van der Waals surface area contributed by atoms with Crippen LogP contribution in [0, 0.1) is 13.8 Å². The lowest BCUT2D eigenvalue weighted by atomic mass is 10.2. The summed E-state index contributed by atoms with van der Waals surface area (Å²) < 4.78 is 38.9. The molecule has 2 aromatic carbocycles. The first-order valence-corrected chi connectivity index (χ1v) is 12.7. The highest BCUT2D eigenvalue weighted by atomic mass is 32.2. The molecule has 5 rings (SSSR count). The number of carbonyl (C=O) groups excluding carboxylic acids is 1. The molecule has 1 amide bonds. The summed E-state index contributed by atoms with van der Waals surface area (Å²) in [5.41, 5.74) is 2.26. The van der Waals surface area contributed by atoms with Gasteiger partial charge in [0.05, 0.1) is 10.9 Å². The van der Waals surface area contributed by atoms with Gasteiger partial charge >= 0.3 is 0 Å². The molecule has 1 atom stereocenters. The predicted octanol–water partition coefficient (Wildman–Crippen LogP) is 3.66. The number of aromatic nitrogens is 2. The number of anilines is 1. The number of ether oxygens (including phenoxy) is 2. The second-order valence-corrected chi connectivity index (χ2v) is 10.9. The van der Waals surface area contributed by atoms with E-state index in [-0.39, 0.29) is 11.8 Å². The van der Waals surface area contributed by atoms with Crippen molar-refractivity contribution in [2.75, 3.05) is 18.7 Å². The second kappa shape index (κ2) is 8.40. The molecule has 172 valence electrons. The van der Waals surface area contributed by atoms with Gasteiger partial charge in [0.2, 0.25) is 21.8 Å². The Balaban J connectivity index is 1.36. The molecule has 1 saturated heterocycles. The van der Waals surface area contributed by atoms with E-state index < -0.39 is 22.0 Å². The van der Waals surface area contributed by atoms with Gasteiger partial charge in [-0.3, -0.25) is 4.79 Å². The number of amides is 1. The van der Waals surface area contributed by atoms with Gasteiger partial charge in [-0.2, -0.15) is 4.31 Å². The van der Waals surface area contributed by atoms with E-state index in [1.165, 1.54) is 4.31 Å². The van der Waals surface area contributed by atoms with Crippen LogP contribution in [0.4, 0.5) is 5.69 Å². The van der Waals surface area contributed by atoms with Gasteiger partial charge in [-0.1, -0.05) is 29.0 Å². The van der Waals surface area contributed by atoms with Crippen molar-refractivity contribution in [1.82, 2.24) is 14.5 Å². The highest BCUT2D eigenvalue weighted by Gasteiger charge is 2.39. The van der Waals surface area contributed by atoms with Crippen molar-refractivity contribution < 1.29 is 22.7 Å². The number of aryl methyl sites for hydroxylation is 2. The molecule has 1 fully saturated rings. The Hall–Kier alpha value is -3.02. The molecule has 3 aromatic rings. The summed E-state index contributed by atoms with van der Waals surface area (Å²) in [5.74, 6) is 0.765. The average molecular weight is 487 g/mol. The minimum Gasteiger partial charge on any atom is -0.454 e. The van der Waals surface area contributed by atoms with Crippen molar-refractivity contribution in [3.8, 4) is 11.5 Å². The first-order valence-electron chi connectivity index (χ1n) is 10.5. The molecule has 1 N–H and O–H groups in total. The van der Waals surface area contributed by atoms with Crippen molar-refractivity contribution in [2.24, 2.45) is 0 Å². The van der Waals surface area contributed by atoms with Gasteiger partial charge in [0, 0.05) is 18.3 Å². The van der Waals surface area contributed by atoms with E-state index in [2.05, 4.69) is 15.5 Å². The lowest BCUT2D eigenvalue weighted by molar-refractivity contribution is 0.102. The summed E-state index contributed by atoms with van der Waals surface area (Å²) in [4.78, 5) is 13.0. The van der Waals surface area contributed by atoms with Gasteiger partial charge < -0.3 is 14.8 Å². The third kappa shape index (κ3) is 4.07. The Morgan fingerprint density at radius 1 is 1.12 bits per heavy atom. The lowest BCUT2D eigenvalue weighted by Gasteiger charge is -2.23. The topological polar surface area (TPSA) is 111 Å². The molecule has 1 aromatic heterocycles. The van der Waals surface area contributed by atoms with Crippen molar-refractivity contribution in [3.05, 3.63) is 57.5 Å². The molecule has 33 heavy (non-hydrogen) atoms. The molecule has 0 bridgehead atoms. The molecule has 0 radical (unpaired) electrons. The van der Waals surface area contributed by atoms with E-state index in [1.807, 2.05) is 13.0 Å². The molecule has 2 aliphatic rings. The average Bonchev–Trinajstić information content (AvgIpc) is 3.52. The Bertz CT molecular complexity index is 1340. The van der Waals surface area contributed by atoms with Gasteiger partial charge in [-0.25, -0.2) is 8.42 Å². The van der Waals surface area contributed by atoms with E-state index in [1.54, 1.807) is 37.3 Å².